The SMILES string of the molecule is CSc1ccc(Cc2nnc(NC(=O)c3cc(Cl)cc(Cl)c3)o2)cc1. The lowest BCUT2D eigenvalue weighted by Crippen LogP contribution is -2.12. The number of nitrogens with zero attached hydrogens (tertiary/aromatic N) is 2. The van der Waals surface area contributed by atoms with Crippen LogP contribution in [0, 0.1) is 0 Å². The summed E-state index contributed by atoms with van der Waals surface area (Å²) in [5.74, 6) is -0.0137. The summed E-state index contributed by atoms with van der Waals surface area (Å²) in [5.41, 5.74) is 1.35. The van der Waals surface area contributed by atoms with E-state index in [0.29, 0.717) is 27.9 Å². The minimum absolute atomic E-state index is 0.0248. The topological polar surface area (TPSA) is 68.0 Å². The van der Waals surface area contributed by atoms with E-state index in [1.165, 1.54) is 17.0 Å². The van der Waals surface area contributed by atoms with Crippen molar-refractivity contribution in [2.24, 2.45) is 0 Å². The second kappa shape index (κ2) is 7.91. The smallest absolute Gasteiger partial charge is 0.322 e. The van der Waals surface area contributed by atoms with Crippen molar-refractivity contribution in [2.75, 3.05) is 11.6 Å². The molecule has 0 aliphatic rings. The van der Waals surface area contributed by atoms with Crippen LogP contribution in [-0.4, -0.2) is 22.4 Å². The van der Waals surface area contributed by atoms with Crippen LogP contribution in [0.4, 0.5) is 6.01 Å². The van der Waals surface area contributed by atoms with Crippen molar-refractivity contribution < 1.29 is 9.21 Å². The second-order valence-electron chi connectivity index (χ2n) is 5.14. The minimum Gasteiger partial charge on any atom is -0.407 e. The number of hydrogen-bond donors (Lipinski definition) is 1. The number of hydrogen-bond acceptors (Lipinski definition) is 5. The minimum atomic E-state index is -0.427. The number of carbonyl (C=O) groups excluding carboxylic acids is 1. The maximum Gasteiger partial charge on any atom is 0.322 e. The summed E-state index contributed by atoms with van der Waals surface area (Å²) in [6.45, 7) is 0. The molecule has 0 fully saturated rings. The molecule has 1 amide bonds. The number of nitrogens with one attached hydrogen (secondary N) is 1. The molecule has 0 radical (unpaired) electrons. The highest BCUT2D eigenvalue weighted by molar-refractivity contribution is 7.98. The van der Waals surface area contributed by atoms with E-state index >= 15 is 0 Å². The number of carbonyl (C=O) groups is 1. The molecule has 25 heavy (non-hydrogen) atoms. The Balaban J connectivity index is 1.67. The summed E-state index contributed by atoms with van der Waals surface area (Å²) >= 11 is 13.5. The Morgan fingerprint density at radius 1 is 1.12 bits per heavy atom. The van der Waals surface area contributed by atoms with Gasteiger partial charge in [0.25, 0.3) is 5.91 Å². The summed E-state index contributed by atoms with van der Waals surface area (Å²) in [6.07, 6.45) is 2.51. The van der Waals surface area contributed by atoms with Gasteiger partial charge in [-0.25, -0.2) is 0 Å². The molecule has 128 valence electrons. The van der Waals surface area contributed by atoms with Crippen molar-refractivity contribution in [1.29, 1.82) is 0 Å². The molecule has 2 aromatic carbocycles. The van der Waals surface area contributed by atoms with Gasteiger partial charge in [0, 0.05) is 20.5 Å². The van der Waals surface area contributed by atoms with Crippen LogP contribution in [0.15, 0.2) is 51.8 Å². The highest BCUT2D eigenvalue weighted by Gasteiger charge is 2.13. The lowest BCUT2D eigenvalue weighted by Gasteiger charge is -2.02. The van der Waals surface area contributed by atoms with Crippen LogP contribution in [0.5, 0.6) is 0 Å². The predicted octanol–water partition coefficient (Wildman–Crippen LogP) is 4.94. The van der Waals surface area contributed by atoms with Gasteiger partial charge in [0.15, 0.2) is 0 Å². The molecule has 3 aromatic rings. The molecule has 5 nitrogen and oxygen atoms in total. The summed E-state index contributed by atoms with van der Waals surface area (Å²) in [5, 5.41) is 11.1. The van der Waals surface area contributed by atoms with Crippen LogP contribution in [0.3, 0.4) is 0 Å². The van der Waals surface area contributed by atoms with E-state index in [4.69, 9.17) is 27.6 Å². The molecule has 0 aliphatic carbocycles. The molecular weight excluding hydrogens is 381 g/mol. The number of rotatable bonds is 5. The maximum absolute atomic E-state index is 12.2. The number of anilines is 1. The molecule has 1 heterocycles. The zero-order valence-corrected chi connectivity index (χ0v) is 15.5. The number of thioether (sulfide) groups is 1. The molecule has 0 aliphatic heterocycles. The van der Waals surface area contributed by atoms with E-state index in [1.807, 2.05) is 30.5 Å². The predicted molar refractivity (Wildman–Crippen MR) is 99.7 cm³/mol. The van der Waals surface area contributed by atoms with Crippen LogP contribution < -0.4 is 5.32 Å². The fraction of sp³-hybridized carbons (Fsp3) is 0.118. The van der Waals surface area contributed by atoms with Gasteiger partial charge in [0.2, 0.25) is 5.89 Å². The largest absolute Gasteiger partial charge is 0.407 e. The third-order valence-corrected chi connectivity index (χ3v) is 4.51. The molecule has 0 unspecified atom stereocenters. The lowest BCUT2D eigenvalue weighted by molar-refractivity contribution is 0.102. The molecule has 0 saturated heterocycles. The van der Waals surface area contributed by atoms with Gasteiger partial charge in [-0.05, 0) is 42.2 Å². The molecule has 0 saturated carbocycles. The quantitative estimate of drug-likeness (QED) is 0.621. The van der Waals surface area contributed by atoms with E-state index in [2.05, 4.69) is 15.5 Å². The first-order valence-electron chi connectivity index (χ1n) is 7.26. The third-order valence-electron chi connectivity index (χ3n) is 3.33. The number of amides is 1. The first-order chi connectivity index (χ1) is 12.0. The normalized spacial score (nSPS) is 10.7. The molecule has 8 heteroatoms. The molecule has 3 rings (SSSR count). The van der Waals surface area contributed by atoms with Crippen molar-refractivity contribution in [1.82, 2.24) is 10.2 Å². The van der Waals surface area contributed by atoms with Crippen LogP contribution in [-0.2, 0) is 6.42 Å². The Labute approximate surface area is 158 Å². The van der Waals surface area contributed by atoms with E-state index in [-0.39, 0.29) is 6.01 Å². The molecular formula is C17H13Cl2N3O2S. The standard InChI is InChI=1S/C17H13Cl2N3O2S/c1-25-14-4-2-10(3-5-14)6-15-21-22-17(24-15)20-16(23)11-7-12(18)9-13(19)8-11/h2-5,7-9H,6H2,1H3,(H,20,22,23). The summed E-state index contributed by atoms with van der Waals surface area (Å²) < 4.78 is 5.47. The van der Waals surface area contributed by atoms with Gasteiger partial charge in [-0.1, -0.05) is 40.4 Å². The molecule has 1 aromatic heterocycles. The van der Waals surface area contributed by atoms with E-state index in [0.717, 1.165) is 5.56 Å². The highest BCUT2D eigenvalue weighted by atomic mass is 35.5. The van der Waals surface area contributed by atoms with Gasteiger partial charge in [-0.15, -0.1) is 16.9 Å². The molecule has 0 atom stereocenters. The Morgan fingerprint density at radius 3 is 2.44 bits per heavy atom. The average molecular weight is 394 g/mol. The van der Waals surface area contributed by atoms with E-state index in [1.54, 1.807) is 17.8 Å². The number of aromatic nitrogens is 2. The summed E-state index contributed by atoms with van der Waals surface area (Å²) in [6, 6.07) is 12.7. The Bertz CT molecular complexity index is 877. The Morgan fingerprint density at radius 2 is 1.80 bits per heavy atom. The monoisotopic (exact) mass is 393 g/mol. The Hall–Kier alpha value is -2.02. The maximum atomic E-state index is 12.2. The van der Waals surface area contributed by atoms with Crippen molar-refractivity contribution >= 4 is 46.9 Å². The van der Waals surface area contributed by atoms with Crippen molar-refractivity contribution in [3.8, 4) is 0 Å². The summed E-state index contributed by atoms with van der Waals surface area (Å²) in [4.78, 5) is 13.4. The molecule has 0 bridgehead atoms. The first-order valence-corrected chi connectivity index (χ1v) is 9.24. The summed E-state index contributed by atoms with van der Waals surface area (Å²) in [7, 11) is 0. The van der Waals surface area contributed by atoms with Crippen LogP contribution >= 0.6 is 35.0 Å². The van der Waals surface area contributed by atoms with Crippen LogP contribution in [0.1, 0.15) is 21.8 Å². The van der Waals surface area contributed by atoms with Gasteiger partial charge >= 0.3 is 6.01 Å². The van der Waals surface area contributed by atoms with Gasteiger partial charge in [-0.3, -0.25) is 10.1 Å². The number of halogens is 2. The zero-order chi connectivity index (χ0) is 17.8. The van der Waals surface area contributed by atoms with E-state index < -0.39 is 5.91 Å². The van der Waals surface area contributed by atoms with Gasteiger partial charge in [-0.2, -0.15) is 0 Å². The zero-order valence-electron chi connectivity index (χ0n) is 13.1. The van der Waals surface area contributed by atoms with Gasteiger partial charge < -0.3 is 4.42 Å². The lowest BCUT2D eigenvalue weighted by atomic mass is 10.1. The van der Waals surface area contributed by atoms with Gasteiger partial charge in [0.05, 0.1) is 6.42 Å². The Kier molecular flexibility index (Phi) is 5.63. The van der Waals surface area contributed by atoms with Crippen LogP contribution in [0.25, 0.3) is 0 Å². The van der Waals surface area contributed by atoms with Gasteiger partial charge in [0.1, 0.15) is 0 Å². The first kappa shape index (κ1) is 17.8. The highest BCUT2D eigenvalue weighted by Crippen LogP contribution is 2.20. The number of benzene rings is 2. The van der Waals surface area contributed by atoms with E-state index in [9.17, 15) is 4.79 Å². The fourth-order valence-corrected chi connectivity index (χ4v) is 3.08. The molecule has 1 N–H and O–H groups in total. The van der Waals surface area contributed by atoms with Crippen LogP contribution in [0.2, 0.25) is 10.0 Å². The third kappa shape index (κ3) is 4.75. The molecule has 0 spiro atoms. The van der Waals surface area contributed by atoms with Crippen molar-refractivity contribution in [3.63, 3.8) is 0 Å². The van der Waals surface area contributed by atoms with Crippen molar-refractivity contribution in [3.05, 3.63) is 69.5 Å². The average Bonchev–Trinajstić information content (AvgIpc) is 3.01. The van der Waals surface area contributed by atoms with Crippen molar-refractivity contribution in [2.45, 2.75) is 11.3 Å². The second-order valence-corrected chi connectivity index (χ2v) is 6.89. The fourth-order valence-electron chi connectivity index (χ4n) is 2.15.